The van der Waals surface area contributed by atoms with Crippen LogP contribution in [0.5, 0.6) is 0 Å². The second kappa shape index (κ2) is 6.65. The van der Waals surface area contributed by atoms with Crippen LogP contribution >= 0.6 is 27.5 Å². The highest BCUT2D eigenvalue weighted by molar-refractivity contribution is 9.10. The molecule has 0 saturated carbocycles. The van der Waals surface area contributed by atoms with Crippen molar-refractivity contribution < 1.29 is 9.53 Å². The summed E-state index contributed by atoms with van der Waals surface area (Å²) in [5.74, 6) is 0.0251. The van der Waals surface area contributed by atoms with Crippen LogP contribution in [0.4, 0.5) is 0 Å². The Morgan fingerprint density at radius 3 is 2.81 bits per heavy atom. The highest BCUT2D eigenvalue weighted by Crippen LogP contribution is 2.25. The predicted octanol–water partition coefficient (Wildman–Crippen LogP) is 2.65. The molecule has 1 atom stereocenters. The van der Waals surface area contributed by atoms with Crippen LogP contribution in [0.15, 0.2) is 22.7 Å². The number of morpholine rings is 1. The molecule has 0 aromatic heterocycles. The summed E-state index contributed by atoms with van der Waals surface area (Å²) in [4.78, 5) is 17.0. The Kier molecular flexibility index (Phi) is 4.84. The minimum Gasteiger partial charge on any atom is -0.379 e. The van der Waals surface area contributed by atoms with Gasteiger partial charge in [0.1, 0.15) is 0 Å². The lowest BCUT2D eigenvalue weighted by Gasteiger charge is -2.32. The molecule has 0 aliphatic carbocycles. The molecule has 3 rings (SSSR count). The number of carbonyl (C=O) groups excluding carboxylic acids is 1. The predicted molar refractivity (Wildman–Crippen MR) is 85.9 cm³/mol. The van der Waals surface area contributed by atoms with E-state index in [4.69, 9.17) is 16.3 Å². The molecule has 21 heavy (non-hydrogen) atoms. The van der Waals surface area contributed by atoms with Crippen LogP contribution in [-0.4, -0.2) is 61.1 Å². The number of hydrogen-bond donors (Lipinski definition) is 0. The third-order valence-corrected chi connectivity index (χ3v) is 4.99. The Hall–Kier alpha value is -0.620. The molecule has 0 bridgehead atoms. The number of rotatable bonds is 2. The SMILES string of the molecule is O=C(c1cc(Br)ccc1Cl)N1CCC(N2CCOCC2)C1. The van der Waals surface area contributed by atoms with E-state index in [2.05, 4.69) is 20.8 Å². The van der Waals surface area contributed by atoms with Crippen molar-refractivity contribution in [1.29, 1.82) is 0 Å². The van der Waals surface area contributed by atoms with E-state index in [0.29, 0.717) is 16.6 Å². The molecule has 2 aliphatic heterocycles. The number of nitrogens with zero attached hydrogens (tertiary/aromatic N) is 2. The zero-order valence-electron chi connectivity index (χ0n) is 11.7. The average molecular weight is 374 g/mol. The Balaban J connectivity index is 1.67. The molecular weight excluding hydrogens is 356 g/mol. The van der Waals surface area contributed by atoms with Gasteiger partial charge in [0.2, 0.25) is 0 Å². The number of halogens is 2. The van der Waals surface area contributed by atoms with Crippen LogP contribution in [0.3, 0.4) is 0 Å². The fourth-order valence-electron chi connectivity index (χ4n) is 3.00. The maximum atomic E-state index is 12.6. The summed E-state index contributed by atoms with van der Waals surface area (Å²) in [6.07, 6.45) is 1.03. The van der Waals surface area contributed by atoms with E-state index in [9.17, 15) is 4.79 Å². The quantitative estimate of drug-likeness (QED) is 0.799. The van der Waals surface area contributed by atoms with Crippen LogP contribution in [0.1, 0.15) is 16.8 Å². The van der Waals surface area contributed by atoms with Crippen molar-refractivity contribution in [2.45, 2.75) is 12.5 Å². The van der Waals surface area contributed by atoms with Crippen molar-refractivity contribution in [2.75, 3.05) is 39.4 Å². The summed E-state index contributed by atoms with van der Waals surface area (Å²) < 4.78 is 6.26. The van der Waals surface area contributed by atoms with Gasteiger partial charge < -0.3 is 9.64 Å². The Bertz CT molecular complexity index is 534. The molecule has 0 N–H and O–H groups in total. The van der Waals surface area contributed by atoms with Gasteiger partial charge in [-0.15, -0.1) is 0 Å². The third-order valence-electron chi connectivity index (χ3n) is 4.17. The maximum absolute atomic E-state index is 12.6. The zero-order chi connectivity index (χ0) is 14.8. The van der Waals surface area contributed by atoms with Gasteiger partial charge in [0, 0.05) is 36.7 Å². The van der Waals surface area contributed by atoms with Gasteiger partial charge in [-0.25, -0.2) is 0 Å². The van der Waals surface area contributed by atoms with Gasteiger partial charge in [-0.3, -0.25) is 9.69 Å². The van der Waals surface area contributed by atoms with Crippen LogP contribution in [0, 0.1) is 0 Å². The number of hydrogen-bond acceptors (Lipinski definition) is 3. The highest BCUT2D eigenvalue weighted by Gasteiger charge is 2.32. The number of benzene rings is 1. The molecule has 2 heterocycles. The molecule has 114 valence electrons. The van der Waals surface area contributed by atoms with Gasteiger partial charge in [-0.05, 0) is 24.6 Å². The minimum absolute atomic E-state index is 0.0251. The Morgan fingerprint density at radius 2 is 2.05 bits per heavy atom. The number of likely N-dealkylation sites (tertiary alicyclic amines) is 1. The van der Waals surface area contributed by atoms with Crippen molar-refractivity contribution in [3.8, 4) is 0 Å². The first kappa shape index (κ1) is 15.3. The molecule has 0 radical (unpaired) electrons. The van der Waals surface area contributed by atoms with Crippen molar-refractivity contribution in [3.63, 3.8) is 0 Å². The monoisotopic (exact) mass is 372 g/mol. The summed E-state index contributed by atoms with van der Waals surface area (Å²) in [6.45, 7) is 5.09. The fraction of sp³-hybridized carbons (Fsp3) is 0.533. The molecule has 6 heteroatoms. The van der Waals surface area contributed by atoms with Gasteiger partial charge in [-0.2, -0.15) is 0 Å². The number of carbonyl (C=O) groups is 1. The summed E-state index contributed by atoms with van der Waals surface area (Å²) in [5.41, 5.74) is 0.577. The second-order valence-corrected chi connectivity index (χ2v) is 6.79. The van der Waals surface area contributed by atoms with E-state index in [1.807, 2.05) is 11.0 Å². The molecule has 2 saturated heterocycles. The smallest absolute Gasteiger partial charge is 0.255 e. The standard InChI is InChI=1S/C15H18BrClN2O2/c16-11-1-2-14(17)13(9-11)15(20)19-4-3-12(10-19)18-5-7-21-8-6-18/h1-2,9,12H,3-8,10H2. The van der Waals surface area contributed by atoms with E-state index in [1.54, 1.807) is 12.1 Å². The Morgan fingerprint density at radius 1 is 1.29 bits per heavy atom. The maximum Gasteiger partial charge on any atom is 0.255 e. The van der Waals surface area contributed by atoms with E-state index in [-0.39, 0.29) is 5.91 Å². The van der Waals surface area contributed by atoms with E-state index < -0.39 is 0 Å². The van der Waals surface area contributed by atoms with Gasteiger partial charge in [0.15, 0.2) is 0 Å². The van der Waals surface area contributed by atoms with Gasteiger partial charge in [0.25, 0.3) is 5.91 Å². The third kappa shape index (κ3) is 3.42. The Labute approximate surface area is 138 Å². The van der Waals surface area contributed by atoms with Crippen LogP contribution < -0.4 is 0 Å². The summed E-state index contributed by atoms with van der Waals surface area (Å²) in [6, 6.07) is 5.85. The highest BCUT2D eigenvalue weighted by atomic mass is 79.9. The fourth-order valence-corrected chi connectivity index (χ4v) is 3.56. The lowest BCUT2D eigenvalue weighted by Crippen LogP contribution is -2.45. The first-order valence-corrected chi connectivity index (χ1v) is 8.38. The van der Waals surface area contributed by atoms with E-state index in [1.165, 1.54) is 0 Å². The zero-order valence-corrected chi connectivity index (χ0v) is 14.1. The molecule has 4 nitrogen and oxygen atoms in total. The van der Waals surface area contributed by atoms with Gasteiger partial charge in [0.05, 0.1) is 23.8 Å². The molecule has 2 fully saturated rings. The summed E-state index contributed by atoms with van der Waals surface area (Å²) in [5, 5.41) is 0.512. The first-order chi connectivity index (χ1) is 10.1. The molecular formula is C15H18BrClN2O2. The number of amides is 1. The largest absolute Gasteiger partial charge is 0.379 e. The van der Waals surface area contributed by atoms with Crippen molar-refractivity contribution in [3.05, 3.63) is 33.3 Å². The van der Waals surface area contributed by atoms with Crippen LogP contribution in [0.25, 0.3) is 0 Å². The van der Waals surface area contributed by atoms with Crippen LogP contribution in [-0.2, 0) is 4.74 Å². The van der Waals surface area contributed by atoms with E-state index in [0.717, 1.165) is 50.3 Å². The summed E-state index contributed by atoms with van der Waals surface area (Å²) in [7, 11) is 0. The van der Waals surface area contributed by atoms with Gasteiger partial charge in [-0.1, -0.05) is 27.5 Å². The van der Waals surface area contributed by atoms with Crippen molar-refractivity contribution in [1.82, 2.24) is 9.80 Å². The lowest BCUT2D eigenvalue weighted by atomic mass is 10.2. The van der Waals surface area contributed by atoms with Crippen LogP contribution in [0.2, 0.25) is 5.02 Å². The van der Waals surface area contributed by atoms with Crippen molar-refractivity contribution >= 4 is 33.4 Å². The van der Waals surface area contributed by atoms with Crippen molar-refractivity contribution in [2.24, 2.45) is 0 Å². The van der Waals surface area contributed by atoms with Gasteiger partial charge >= 0.3 is 0 Å². The molecule has 2 aliphatic rings. The molecule has 1 amide bonds. The molecule has 1 aromatic rings. The first-order valence-electron chi connectivity index (χ1n) is 7.21. The van der Waals surface area contributed by atoms with E-state index >= 15 is 0 Å². The molecule has 0 spiro atoms. The molecule has 1 unspecified atom stereocenters. The molecule has 1 aromatic carbocycles. The second-order valence-electron chi connectivity index (χ2n) is 5.47. The normalized spacial score (nSPS) is 23.5. The average Bonchev–Trinajstić information content (AvgIpc) is 3.00. The summed E-state index contributed by atoms with van der Waals surface area (Å²) >= 11 is 9.56. The minimum atomic E-state index is 0.0251. The topological polar surface area (TPSA) is 32.8 Å². The number of ether oxygens (including phenoxy) is 1. The lowest BCUT2D eigenvalue weighted by molar-refractivity contribution is 0.0185.